The predicted octanol–water partition coefficient (Wildman–Crippen LogP) is 2.34. The van der Waals surface area contributed by atoms with Gasteiger partial charge in [-0.05, 0) is 49.3 Å². The van der Waals surface area contributed by atoms with Crippen molar-refractivity contribution in [3.05, 3.63) is 29.0 Å². The Labute approximate surface area is 119 Å². The van der Waals surface area contributed by atoms with Gasteiger partial charge in [0.25, 0.3) is 0 Å². The maximum atomic E-state index is 11.5. The van der Waals surface area contributed by atoms with E-state index in [-0.39, 0.29) is 0 Å². The smallest absolute Gasteiger partial charge is 0.211 e. The van der Waals surface area contributed by atoms with E-state index < -0.39 is 10.0 Å². The first-order chi connectivity index (χ1) is 8.95. The van der Waals surface area contributed by atoms with Gasteiger partial charge in [-0.25, -0.2) is 17.7 Å². The number of aromatic nitrogens is 1. The largest absolute Gasteiger partial charge is 0.245 e. The number of hydrogen-bond donors (Lipinski definition) is 0. The molecule has 0 spiro atoms. The van der Waals surface area contributed by atoms with Crippen LogP contribution in [0.1, 0.15) is 24.8 Å². The lowest BCUT2D eigenvalue weighted by Gasteiger charge is -2.17. The van der Waals surface area contributed by atoms with Crippen molar-refractivity contribution in [2.24, 2.45) is 5.92 Å². The minimum absolute atomic E-state index is 0.517. The maximum Gasteiger partial charge on any atom is 0.211 e. The lowest BCUT2D eigenvalue weighted by atomic mass is 9.93. The third-order valence-electron chi connectivity index (χ3n) is 3.59. The number of nitrogens with zero attached hydrogens (tertiary/aromatic N) is 2. The fourth-order valence-electron chi connectivity index (χ4n) is 2.58. The van der Waals surface area contributed by atoms with Crippen LogP contribution in [0.2, 0.25) is 5.15 Å². The van der Waals surface area contributed by atoms with Crippen LogP contribution in [-0.2, 0) is 16.4 Å². The molecule has 1 fully saturated rings. The molecule has 2 heterocycles. The molecule has 6 heteroatoms. The van der Waals surface area contributed by atoms with Crippen LogP contribution in [0.15, 0.2) is 18.3 Å². The summed E-state index contributed by atoms with van der Waals surface area (Å²) < 4.78 is 24.7. The highest BCUT2D eigenvalue weighted by Crippen LogP contribution is 2.23. The van der Waals surface area contributed by atoms with Gasteiger partial charge in [0.2, 0.25) is 10.0 Å². The number of hydrogen-bond acceptors (Lipinski definition) is 3. The van der Waals surface area contributed by atoms with Crippen LogP contribution in [0.3, 0.4) is 0 Å². The Bertz CT molecular complexity index is 533. The van der Waals surface area contributed by atoms with Crippen molar-refractivity contribution < 1.29 is 8.42 Å². The standard InChI is InChI=1S/C13H19ClN2O2S/c1-19(17,18)16-7-2-3-11(5-8-16)9-12-4-6-15-13(14)10-12/h4,6,10-11H,2-3,5,7-9H2,1H3. The van der Waals surface area contributed by atoms with Crippen molar-refractivity contribution in [3.63, 3.8) is 0 Å². The second-order valence-electron chi connectivity index (χ2n) is 5.15. The van der Waals surface area contributed by atoms with Crippen molar-refractivity contribution in [1.82, 2.24) is 9.29 Å². The molecule has 2 rings (SSSR count). The van der Waals surface area contributed by atoms with Gasteiger partial charge < -0.3 is 0 Å². The first kappa shape index (κ1) is 14.8. The minimum atomic E-state index is -3.05. The van der Waals surface area contributed by atoms with Crippen LogP contribution in [0.25, 0.3) is 0 Å². The monoisotopic (exact) mass is 302 g/mol. The summed E-state index contributed by atoms with van der Waals surface area (Å²) >= 11 is 5.88. The molecule has 1 aromatic heterocycles. The molecular formula is C13H19ClN2O2S. The zero-order chi connectivity index (χ0) is 13.9. The fourth-order valence-corrected chi connectivity index (χ4v) is 3.67. The summed E-state index contributed by atoms with van der Waals surface area (Å²) in [5.41, 5.74) is 1.18. The Morgan fingerprint density at radius 3 is 2.89 bits per heavy atom. The van der Waals surface area contributed by atoms with Crippen molar-refractivity contribution in [1.29, 1.82) is 0 Å². The molecule has 106 valence electrons. The Hall–Kier alpha value is -0.650. The van der Waals surface area contributed by atoms with E-state index in [0.29, 0.717) is 24.2 Å². The molecule has 0 aliphatic carbocycles. The van der Waals surface area contributed by atoms with E-state index in [4.69, 9.17) is 11.6 Å². The SMILES string of the molecule is CS(=O)(=O)N1CCCC(Cc2ccnc(Cl)c2)CC1. The van der Waals surface area contributed by atoms with Crippen molar-refractivity contribution in [2.75, 3.05) is 19.3 Å². The summed E-state index contributed by atoms with van der Waals surface area (Å²) in [6.45, 7) is 1.27. The summed E-state index contributed by atoms with van der Waals surface area (Å²) in [5, 5.41) is 0.517. The van der Waals surface area contributed by atoms with Crippen LogP contribution in [0.5, 0.6) is 0 Å². The zero-order valence-electron chi connectivity index (χ0n) is 11.0. The van der Waals surface area contributed by atoms with Crippen molar-refractivity contribution in [2.45, 2.75) is 25.7 Å². The minimum Gasteiger partial charge on any atom is -0.245 e. The van der Waals surface area contributed by atoms with Gasteiger partial charge in [0.15, 0.2) is 0 Å². The second-order valence-corrected chi connectivity index (χ2v) is 7.52. The second kappa shape index (κ2) is 6.20. The molecule has 0 saturated carbocycles. The van der Waals surface area contributed by atoms with Gasteiger partial charge in [-0.15, -0.1) is 0 Å². The molecular weight excluding hydrogens is 284 g/mol. The topological polar surface area (TPSA) is 50.3 Å². The van der Waals surface area contributed by atoms with Gasteiger partial charge in [0.1, 0.15) is 5.15 Å². The van der Waals surface area contributed by atoms with Crippen molar-refractivity contribution >= 4 is 21.6 Å². The third kappa shape index (κ3) is 4.44. The molecule has 1 aliphatic rings. The molecule has 1 aliphatic heterocycles. The van der Waals surface area contributed by atoms with E-state index in [2.05, 4.69) is 4.98 Å². The highest BCUT2D eigenvalue weighted by atomic mass is 35.5. The average molecular weight is 303 g/mol. The molecule has 1 atom stereocenters. The van der Waals surface area contributed by atoms with Gasteiger partial charge in [0.05, 0.1) is 6.26 Å². The molecule has 0 radical (unpaired) electrons. The Kier molecular flexibility index (Phi) is 4.81. The maximum absolute atomic E-state index is 11.5. The normalized spacial score (nSPS) is 22.1. The molecule has 0 aromatic carbocycles. The predicted molar refractivity (Wildman–Crippen MR) is 76.7 cm³/mol. The van der Waals surface area contributed by atoms with E-state index in [1.54, 1.807) is 10.5 Å². The lowest BCUT2D eigenvalue weighted by Crippen LogP contribution is -2.30. The highest BCUT2D eigenvalue weighted by molar-refractivity contribution is 7.88. The Morgan fingerprint density at radius 2 is 2.21 bits per heavy atom. The van der Waals surface area contributed by atoms with Crippen LogP contribution < -0.4 is 0 Å². The number of halogens is 1. The Morgan fingerprint density at radius 1 is 1.42 bits per heavy atom. The molecule has 0 bridgehead atoms. The molecule has 4 nitrogen and oxygen atoms in total. The van der Waals surface area contributed by atoms with Gasteiger partial charge in [-0.3, -0.25) is 0 Å². The summed E-state index contributed by atoms with van der Waals surface area (Å²) in [6, 6.07) is 3.87. The van der Waals surface area contributed by atoms with Crippen molar-refractivity contribution in [3.8, 4) is 0 Å². The molecule has 0 amide bonds. The molecule has 0 N–H and O–H groups in total. The Balaban J connectivity index is 1.96. The molecule has 1 unspecified atom stereocenters. The first-order valence-electron chi connectivity index (χ1n) is 6.51. The van der Waals surface area contributed by atoms with Crippen LogP contribution in [0.4, 0.5) is 0 Å². The summed E-state index contributed by atoms with van der Waals surface area (Å²) in [6.07, 6.45) is 6.85. The fraction of sp³-hybridized carbons (Fsp3) is 0.615. The van der Waals surface area contributed by atoms with Gasteiger partial charge in [-0.2, -0.15) is 0 Å². The zero-order valence-corrected chi connectivity index (χ0v) is 12.6. The van der Waals surface area contributed by atoms with Crippen LogP contribution in [-0.4, -0.2) is 37.1 Å². The number of pyridine rings is 1. The van der Waals surface area contributed by atoms with Crippen LogP contribution in [0, 0.1) is 5.92 Å². The third-order valence-corrected chi connectivity index (χ3v) is 5.10. The molecule has 19 heavy (non-hydrogen) atoms. The van der Waals surface area contributed by atoms with E-state index in [0.717, 1.165) is 25.7 Å². The quantitative estimate of drug-likeness (QED) is 0.805. The molecule has 1 aromatic rings. The average Bonchev–Trinajstić information content (AvgIpc) is 2.54. The van der Waals surface area contributed by atoms with E-state index in [1.165, 1.54) is 11.8 Å². The summed E-state index contributed by atoms with van der Waals surface area (Å²) in [7, 11) is -3.05. The summed E-state index contributed by atoms with van der Waals surface area (Å²) in [4.78, 5) is 3.97. The highest BCUT2D eigenvalue weighted by Gasteiger charge is 2.22. The van der Waals surface area contributed by atoms with E-state index in [1.807, 2.05) is 12.1 Å². The number of rotatable bonds is 3. The van der Waals surface area contributed by atoms with Gasteiger partial charge in [0, 0.05) is 19.3 Å². The summed E-state index contributed by atoms with van der Waals surface area (Å²) in [5.74, 6) is 0.519. The van der Waals surface area contributed by atoms with E-state index >= 15 is 0 Å². The lowest BCUT2D eigenvalue weighted by molar-refractivity contribution is 0.413. The number of sulfonamides is 1. The molecule has 1 saturated heterocycles. The van der Waals surface area contributed by atoms with Gasteiger partial charge >= 0.3 is 0 Å². The first-order valence-corrected chi connectivity index (χ1v) is 8.73. The van der Waals surface area contributed by atoms with Gasteiger partial charge in [-0.1, -0.05) is 11.6 Å². The van der Waals surface area contributed by atoms with Crippen LogP contribution >= 0.6 is 11.6 Å². The van der Waals surface area contributed by atoms with E-state index in [9.17, 15) is 8.42 Å².